The quantitative estimate of drug-likeness (QED) is 0.466. The Morgan fingerprint density at radius 3 is 2.46 bits per heavy atom. The van der Waals surface area contributed by atoms with Crippen LogP contribution in [0.2, 0.25) is 0 Å². The van der Waals surface area contributed by atoms with E-state index in [1.165, 1.54) is 0 Å². The molecule has 2 aliphatic rings. The molecule has 0 amide bonds. The molecule has 5 rings (SSSR count). The molecular formula is C29H38BN3O4. The molecule has 1 N–H and O–H groups in total. The van der Waals surface area contributed by atoms with Gasteiger partial charge >= 0.3 is 7.12 Å². The predicted molar refractivity (Wildman–Crippen MR) is 150 cm³/mol. The van der Waals surface area contributed by atoms with E-state index in [1.54, 1.807) is 7.11 Å². The monoisotopic (exact) mass is 503 g/mol. The molecule has 3 heterocycles. The Morgan fingerprint density at radius 2 is 1.78 bits per heavy atom. The number of rotatable bonds is 7. The summed E-state index contributed by atoms with van der Waals surface area (Å²) in [5, 5.41) is 4.66. The summed E-state index contributed by atoms with van der Waals surface area (Å²) in [6.07, 6.45) is 1.20. The second-order valence-electron chi connectivity index (χ2n) is 10.9. The van der Waals surface area contributed by atoms with Gasteiger partial charge in [-0.3, -0.25) is 0 Å². The summed E-state index contributed by atoms with van der Waals surface area (Å²) >= 11 is 0. The summed E-state index contributed by atoms with van der Waals surface area (Å²) in [4.78, 5) is 7.47. The Bertz CT molecular complexity index is 1230. The van der Waals surface area contributed by atoms with Crippen molar-refractivity contribution in [3.8, 4) is 5.75 Å². The largest absolute Gasteiger partial charge is 0.497 e. The number of nitrogens with one attached hydrogen (secondary N) is 1. The van der Waals surface area contributed by atoms with Gasteiger partial charge in [-0.2, -0.15) is 0 Å². The molecule has 2 saturated heterocycles. The first-order valence-electron chi connectivity index (χ1n) is 13.2. The van der Waals surface area contributed by atoms with Crippen LogP contribution in [0.15, 0.2) is 48.5 Å². The van der Waals surface area contributed by atoms with Crippen LogP contribution in [0.5, 0.6) is 5.75 Å². The van der Waals surface area contributed by atoms with Crippen molar-refractivity contribution >= 4 is 35.0 Å². The molecule has 2 aliphatic heterocycles. The van der Waals surface area contributed by atoms with E-state index in [-0.39, 0.29) is 17.3 Å². The molecule has 196 valence electrons. The van der Waals surface area contributed by atoms with Gasteiger partial charge in [0.2, 0.25) is 0 Å². The van der Waals surface area contributed by atoms with Gasteiger partial charge in [0.1, 0.15) is 5.75 Å². The van der Waals surface area contributed by atoms with Crippen molar-refractivity contribution in [1.82, 2.24) is 4.98 Å². The standard InChI is InChI=1S/C29H38BN3O4/c1-7-23-19-33(14-15-35-23)26-17-21-16-22(30-36-28(2,3)29(4,5)37-30)10-13-25(21)32-27(26)31-18-20-8-11-24(34-6)12-9-20/h8-13,16-17,23H,7,14-15,18-19H2,1-6H3,(H,31,32). The van der Waals surface area contributed by atoms with Gasteiger partial charge in [-0.15, -0.1) is 0 Å². The third-order valence-electron chi connectivity index (χ3n) is 7.90. The number of anilines is 2. The molecule has 3 aromatic rings. The minimum Gasteiger partial charge on any atom is -0.497 e. The first-order chi connectivity index (χ1) is 17.7. The Morgan fingerprint density at radius 1 is 1.05 bits per heavy atom. The van der Waals surface area contributed by atoms with Gasteiger partial charge in [0.05, 0.1) is 42.2 Å². The van der Waals surface area contributed by atoms with Crippen molar-refractivity contribution in [3.63, 3.8) is 0 Å². The molecule has 2 aromatic carbocycles. The van der Waals surface area contributed by atoms with Crippen molar-refractivity contribution in [2.24, 2.45) is 0 Å². The molecule has 1 aromatic heterocycles. The number of aromatic nitrogens is 1. The molecule has 2 fully saturated rings. The van der Waals surface area contributed by atoms with Crippen molar-refractivity contribution in [2.45, 2.75) is 64.9 Å². The lowest BCUT2D eigenvalue weighted by Crippen LogP contribution is -2.42. The zero-order valence-electron chi connectivity index (χ0n) is 22.8. The van der Waals surface area contributed by atoms with E-state index >= 15 is 0 Å². The number of hydrogen-bond acceptors (Lipinski definition) is 7. The number of ether oxygens (including phenoxy) is 2. The first-order valence-corrected chi connectivity index (χ1v) is 13.2. The zero-order valence-corrected chi connectivity index (χ0v) is 22.8. The minimum absolute atomic E-state index is 0.218. The van der Waals surface area contributed by atoms with Gasteiger partial charge in [-0.25, -0.2) is 4.98 Å². The lowest BCUT2D eigenvalue weighted by molar-refractivity contribution is 0.00578. The highest BCUT2D eigenvalue weighted by Crippen LogP contribution is 2.37. The van der Waals surface area contributed by atoms with Crippen LogP contribution in [0, 0.1) is 0 Å². The lowest BCUT2D eigenvalue weighted by atomic mass is 9.78. The summed E-state index contributed by atoms with van der Waals surface area (Å²) in [5.74, 6) is 1.73. The molecule has 1 unspecified atom stereocenters. The van der Waals surface area contributed by atoms with Crippen LogP contribution in [-0.4, -0.2) is 56.2 Å². The van der Waals surface area contributed by atoms with E-state index in [4.69, 9.17) is 23.8 Å². The number of methoxy groups -OCH3 is 1. The molecule has 0 saturated carbocycles. The van der Waals surface area contributed by atoms with Gasteiger partial charge < -0.3 is 29.0 Å². The fourth-order valence-electron chi connectivity index (χ4n) is 4.79. The normalized spacial score (nSPS) is 20.9. The number of pyridine rings is 1. The molecule has 0 spiro atoms. The summed E-state index contributed by atoms with van der Waals surface area (Å²) in [6, 6.07) is 16.6. The minimum atomic E-state index is -0.404. The third kappa shape index (κ3) is 5.28. The third-order valence-corrected chi connectivity index (χ3v) is 7.90. The maximum Gasteiger partial charge on any atom is 0.494 e. The van der Waals surface area contributed by atoms with Gasteiger partial charge in [-0.05, 0) is 69.4 Å². The maximum absolute atomic E-state index is 6.31. The molecule has 0 radical (unpaired) electrons. The number of benzene rings is 2. The van der Waals surface area contributed by atoms with E-state index in [9.17, 15) is 0 Å². The summed E-state index contributed by atoms with van der Waals surface area (Å²) in [5.41, 5.74) is 3.43. The van der Waals surface area contributed by atoms with E-state index in [1.807, 2.05) is 12.1 Å². The molecule has 7 nitrogen and oxygen atoms in total. The average Bonchev–Trinajstić information content (AvgIpc) is 3.13. The van der Waals surface area contributed by atoms with Crippen LogP contribution in [0.4, 0.5) is 11.5 Å². The van der Waals surface area contributed by atoms with E-state index in [2.05, 4.69) is 81.2 Å². The number of hydrogen-bond donors (Lipinski definition) is 1. The second kappa shape index (κ2) is 10.2. The molecular weight excluding hydrogens is 465 g/mol. The summed E-state index contributed by atoms with van der Waals surface area (Å²) < 4.78 is 23.9. The molecule has 8 heteroatoms. The smallest absolute Gasteiger partial charge is 0.494 e. The first kappa shape index (κ1) is 25.8. The molecule has 1 atom stereocenters. The summed E-state index contributed by atoms with van der Waals surface area (Å²) in [6.45, 7) is 13.6. The number of nitrogens with zero attached hydrogens (tertiary/aromatic N) is 2. The predicted octanol–water partition coefficient (Wildman–Crippen LogP) is 4.77. The fraction of sp³-hybridized carbons (Fsp3) is 0.483. The van der Waals surface area contributed by atoms with Crippen LogP contribution in [0.3, 0.4) is 0 Å². The Kier molecular flexibility index (Phi) is 7.09. The lowest BCUT2D eigenvalue weighted by Gasteiger charge is -2.35. The Balaban J connectivity index is 1.47. The maximum atomic E-state index is 6.31. The van der Waals surface area contributed by atoms with Crippen molar-refractivity contribution in [3.05, 3.63) is 54.1 Å². The fourth-order valence-corrected chi connectivity index (χ4v) is 4.79. The van der Waals surface area contributed by atoms with E-state index in [0.717, 1.165) is 58.7 Å². The van der Waals surface area contributed by atoms with Gasteiger partial charge in [0, 0.05) is 25.0 Å². The zero-order chi connectivity index (χ0) is 26.2. The average molecular weight is 503 g/mol. The van der Waals surface area contributed by atoms with Crippen LogP contribution in [0.25, 0.3) is 10.9 Å². The highest BCUT2D eigenvalue weighted by Gasteiger charge is 2.51. The van der Waals surface area contributed by atoms with Crippen molar-refractivity contribution in [2.75, 3.05) is 37.0 Å². The summed E-state index contributed by atoms with van der Waals surface area (Å²) in [7, 11) is 1.28. The number of morpholine rings is 1. The molecule has 37 heavy (non-hydrogen) atoms. The van der Waals surface area contributed by atoms with E-state index in [0.29, 0.717) is 13.2 Å². The van der Waals surface area contributed by atoms with Crippen molar-refractivity contribution < 1.29 is 18.8 Å². The van der Waals surface area contributed by atoms with Gasteiger partial charge in [-0.1, -0.05) is 31.2 Å². The number of fused-ring (bicyclic) bond motifs is 1. The van der Waals surface area contributed by atoms with Crippen LogP contribution >= 0.6 is 0 Å². The SMILES string of the molecule is CCC1CN(c2cc3cc(B4OC(C)(C)C(C)(C)O4)ccc3nc2NCc2ccc(OC)cc2)CCO1. The van der Waals surface area contributed by atoms with Crippen molar-refractivity contribution in [1.29, 1.82) is 0 Å². The Hall–Kier alpha value is -2.81. The van der Waals surface area contributed by atoms with E-state index < -0.39 is 7.12 Å². The van der Waals surface area contributed by atoms with Crippen LogP contribution < -0.4 is 20.4 Å². The van der Waals surface area contributed by atoms with Gasteiger partial charge in [0.25, 0.3) is 0 Å². The highest BCUT2D eigenvalue weighted by molar-refractivity contribution is 6.62. The van der Waals surface area contributed by atoms with Gasteiger partial charge in [0.15, 0.2) is 5.82 Å². The topological polar surface area (TPSA) is 65.1 Å². The molecule has 0 aliphatic carbocycles. The van der Waals surface area contributed by atoms with Crippen LogP contribution in [-0.2, 0) is 20.6 Å². The van der Waals surface area contributed by atoms with Crippen LogP contribution in [0.1, 0.15) is 46.6 Å². The highest BCUT2D eigenvalue weighted by atomic mass is 16.7. The Labute approximate surface area is 220 Å². The molecule has 0 bridgehead atoms. The second-order valence-corrected chi connectivity index (χ2v) is 10.9.